The molecule has 1 N–H and O–H groups in total. The van der Waals surface area contributed by atoms with Crippen LogP contribution >= 0.6 is 0 Å². The number of ether oxygens (including phenoxy) is 1. The van der Waals surface area contributed by atoms with Gasteiger partial charge in [-0.15, -0.1) is 0 Å². The zero-order valence-electron chi connectivity index (χ0n) is 12.2. The Morgan fingerprint density at radius 1 is 1.00 bits per heavy atom. The van der Waals surface area contributed by atoms with Gasteiger partial charge in [-0.3, -0.25) is 0 Å². The number of nitrogens with one attached hydrogen (secondary N) is 1. The first-order valence-corrected chi connectivity index (χ1v) is 8.90. The molecule has 1 fully saturated rings. The van der Waals surface area contributed by atoms with E-state index in [0.717, 1.165) is 30.6 Å². The van der Waals surface area contributed by atoms with Gasteiger partial charge < -0.3 is 4.74 Å². The molecule has 1 saturated heterocycles. The van der Waals surface area contributed by atoms with Gasteiger partial charge in [0.2, 0.25) is 10.0 Å². The highest BCUT2D eigenvalue weighted by molar-refractivity contribution is 7.89. The van der Waals surface area contributed by atoms with E-state index in [4.69, 9.17) is 4.74 Å². The summed E-state index contributed by atoms with van der Waals surface area (Å²) in [5.41, 5.74) is 2.07. The molecule has 0 amide bonds. The summed E-state index contributed by atoms with van der Waals surface area (Å²) in [6.07, 6.45) is 1.91. The first-order chi connectivity index (χ1) is 10.6. The number of rotatable bonds is 5. The van der Waals surface area contributed by atoms with Gasteiger partial charge in [0.25, 0.3) is 0 Å². The van der Waals surface area contributed by atoms with E-state index in [2.05, 4.69) is 4.72 Å². The smallest absolute Gasteiger partial charge is 0.240 e. The molecule has 116 valence electrons. The Kier molecular flexibility index (Phi) is 4.57. The van der Waals surface area contributed by atoms with Gasteiger partial charge >= 0.3 is 0 Å². The average molecular weight is 317 g/mol. The lowest BCUT2D eigenvalue weighted by atomic mass is 10.1. The highest BCUT2D eigenvalue weighted by Gasteiger charge is 2.20. The van der Waals surface area contributed by atoms with Crippen molar-refractivity contribution >= 4 is 10.0 Å². The molecule has 0 bridgehead atoms. The van der Waals surface area contributed by atoms with Crippen molar-refractivity contribution in [2.24, 2.45) is 0 Å². The zero-order valence-corrected chi connectivity index (χ0v) is 13.1. The van der Waals surface area contributed by atoms with E-state index < -0.39 is 10.0 Å². The second-order valence-corrected chi connectivity index (χ2v) is 7.14. The fourth-order valence-electron chi connectivity index (χ4n) is 2.55. The molecule has 0 unspecified atom stereocenters. The van der Waals surface area contributed by atoms with Crippen LogP contribution in [-0.4, -0.2) is 27.7 Å². The van der Waals surface area contributed by atoms with Crippen molar-refractivity contribution in [1.29, 1.82) is 0 Å². The second kappa shape index (κ2) is 6.60. The summed E-state index contributed by atoms with van der Waals surface area (Å²) in [5, 5.41) is 0. The topological polar surface area (TPSA) is 55.4 Å². The maximum Gasteiger partial charge on any atom is 0.240 e. The molecule has 0 radical (unpaired) electrons. The highest BCUT2D eigenvalue weighted by atomic mass is 32.2. The fraction of sp³-hybridized carbons (Fsp3) is 0.294. The summed E-state index contributed by atoms with van der Waals surface area (Å²) in [6.45, 7) is 1.06. The van der Waals surface area contributed by atoms with Crippen LogP contribution in [0.2, 0.25) is 0 Å². The molecule has 0 saturated carbocycles. The number of hydrogen-bond donors (Lipinski definition) is 1. The van der Waals surface area contributed by atoms with Gasteiger partial charge in [-0.2, -0.15) is 0 Å². The van der Waals surface area contributed by atoms with E-state index in [1.807, 2.05) is 42.5 Å². The predicted octanol–water partition coefficient (Wildman–Crippen LogP) is 2.81. The van der Waals surface area contributed by atoms with Crippen LogP contribution < -0.4 is 4.72 Å². The summed E-state index contributed by atoms with van der Waals surface area (Å²) >= 11 is 0. The molecule has 0 spiro atoms. The van der Waals surface area contributed by atoms with E-state index in [-0.39, 0.29) is 11.0 Å². The van der Waals surface area contributed by atoms with Crippen LogP contribution in [0.1, 0.15) is 12.8 Å². The Morgan fingerprint density at radius 3 is 2.32 bits per heavy atom. The SMILES string of the molecule is O=S(=O)(NC[C@H]1CCCO1)c1ccc(-c2ccccc2)cc1. The van der Waals surface area contributed by atoms with Crippen molar-refractivity contribution in [3.63, 3.8) is 0 Å². The van der Waals surface area contributed by atoms with Crippen LogP contribution in [0.25, 0.3) is 11.1 Å². The number of hydrogen-bond acceptors (Lipinski definition) is 3. The summed E-state index contributed by atoms with van der Waals surface area (Å²) < 4.78 is 32.6. The van der Waals surface area contributed by atoms with Crippen LogP contribution in [0.5, 0.6) is 0 Å². The molecule has 1 heterocycles. The quantitative estimate of drug-likeness (QED) is 0.922. The third kappa shape index (κ3) is 3.55. The van der Waals surface area contributed by atoms with Gasteiger partial charge in [-0.1, -0.05) is 42.5 Å². The Balaban J connectivity index is 1.71. The van der Waals surface area contributed by atoms with Crippen molar-refractivity contribution in [3.8, 4) is 11.1 Å². The van der Waals surface area contributed by atoms with Crippen molar-refractivity contribution in [3.05, 3.63) is 54.6 Å². The molecule has 4 nitrogen and oxygen atoms in total. The van der Waals surface area contributed by atoms with Gasteiger partial charge in [-0.25, -0.2) is 13.1 Å². The molecule has 5 heteroatoms. The first kappa shape index (κ1) is 15.2. The van der Waals surface area contributed by atoms with Crippen LogP contribution in [0.15, 0.2) is 59.5 Å². The van der Waals surface area contributed by atoms with Gasteiger partial charge in [0.05, 0.1) is 11.0 Å². The van der Waals surface area contributed by atoms with Crippen LogP contribution in [0.3, 0.4) is 0 Å². The third-order valence-corrected chi connectivity index (χ3v) is 5.24. The molecular weight excluding hydrogens is 298 g/mol. The molecular formula is C17H19NO3S. The molecule has 3 rings (SSSR count). The third-order valence-electron chi connectivity index (χ3n) is 3.80. The minimum Gasteiger partial charge on any atom is -0.377 e. The summed E-state index contributed by atoms with van der Waals surface area (Å²) in [7, 11) is -3.48. The Labute approximate surface area is 131 Å². The molecule has 2 aromatic carbocycles. The van der Waals surface area contributed by atoms with E-state index in [0.29, 0.717) is 6.54 Å². The van der Waals surface area contributed by atoms with Crippen LogP contribution in [0.4, 0.5) is 0 Å². The Hall–Kier alpha value is -1.69. The normalized spacial score (nSPS) is 18.5. The summed E-state index contributed by atoms with van der Waals surface area (Å²) in [5.74, 6) is 0. The van der Waals surface area contributed by atoms with Gasteiger partial charge in [0.15, 0.2) is 0 Å². The molecule has 2 aromatic rings. The number of benzene rings is 2. The maximum absolute atomic E-state index is 12.3. The van der Waals surface area contributed by atoms with Crippen LogP contribution in [-0.2, 0) is 14.8 Å². The van der Waals surface area contributed by atoms with Crippen molar-refractivity contribution in [1.82, 2.24) is 4.72 Å². The Bertz CT molecular complexity index is 705. The van der Waals surface area contributed by atoms with E-state index in [9.17, 15) is 8.42 Å². The largest absolute Gasteiger partial charge is 0.377 e. The lowest BCUT2D eigenvalue weighted by molar-refractivity contribution is 0.114. The van der Waals surface area contributed by atoms with Crippen LogP contribution in [0, 0.1) is 0 Å². The Morgan fingerprint density at radius 2 is 1.68 bits per heavy atom. The summed E-state index contributed by atoms with van der Waals surface area (Å²) in [4.78, 5) is 0.283. The standard InChI is InChI=1S/C17H19NO3S/c19-22(20,18-13-16-7-4-12-21-16)17-10-8-15(9-11-17)14-5-2-1-3-6-14/h1-3,5-6,8-11,16,18H,4,7,12-13H2/t16-/m1/s1. The minimum absolute atomic E-state index is 0.00151. The van der Waals surface area contributed by atoms with Crippen molar-refractivity contribution in [2.75, 3.05) is 13.2 Å². The molecule has 22 heavy (non-hydrogen) atoms. The molecule has 0 aromatic heterocycles. The number of sulfonamides is 1. The fourth-order valence-corrected chi connectivity index (χ4v) is 3.61. The van der Waals surface area contributed by atoms with Crippen molar-refractivity contribution < 1.29 is 13.2 Å². The molecule has 1 aliphatic rings. The monoisotopic (exact) mass is 317 g/mol. The van der Waals surface area contributed by atoms with E-state index in [1.165, 1.54) is 0 Å². The van der Waals surface area contributed by atoms with Gasteiger partial charge in [0.1, 0.15) is 0 Å². The predicted molar refractivity (Wildman–Crippen MR) is 86.0 cm³/mol. The van der Waals surface area contributed by atoms with Crippen molar-refractivity contribution in [2.45, 2.75) is 23.8 Å². The molecule has 1 aliphatic heterocycles. The van der Waals surface area contributed by atoms with E-state index >= 15 is 0 Å². The van der Waals surface area contributed by atoms with Gasteiger partial charge in [0, 0.05) is 13.2 Å². The average Bonchev–Trinajstić information content (AvgIpc) is 3.08. The molecule has 1 atom stereocenters. The lowest BCUT2D eigenvalue weighted by Crippen LogP contribution is -2.31. The lowest BCUT2D eigenvalue weighted by Gasteiger charge is -2.11. The molecule has 0 aliphatic carbocycles. The summed E-state index contributed by atoms with van der Waals surface area (Å²) in [6, 6.07) is 16.8. The van der Waals surface area contributed by atoms with E-state index in [1.54, 1.807) is 12.1 Å². The second-order valence-electron chi connectivity index (χ2n) is 5.38. The first-order valence-electron chi connectivity index (χ1n) is 7.42. The zero-order chi connectivity index (χ0) is 15.4. The highest BCUT2D eigenvalue weighted by Crippen LogP contribution is 2.21. The minimum atomic E-state index is -3.48. The maximum atomic E-state index is 12.3. The van der Waals surface area contributed by atoms with Gasteiger partial charge in [-0.05, 0) is 36.1 Å².